The van der Waals surface area contributed by atoms with Crippen LogP contribution in [0.2, 0.25) is 0 Å². The highest BCUT2D eigenvalue weighted by atomic mass is 16.5. The number of nitrogens with zero attached hydrogens (tertiary/aromatic N) is 1. The van der Waals surface area contributed by atoms with Crippen LogP contribution < -0.4 is 5.32 Å². The van der Waals surface area contributed by atoms with Crippen molar-refractivity contribution in [2.24, 2.45) is 0 Å². The molecule has 0 bridgehead atoms. The lowest BCUT2D eigenvalue weighted by atomic mass is 9.97. The van der Waals surface area contributed by atoms with Crippen molar-refractivity contribution in [2.75, 3.05) is 34.4 Å². The summed E-state index contributed by atoms with van der Waals surface area (Å²) >= 11 is 0. The van der Waals surface area contributed by atoms with E-state index in [-0.39, 0.29) is 5.91 Å². The molecule has 0 aromatic heterocycles. The summed E-state index contributed by atoms with van der Waals surface area (Å²) in [7, 11) is 5.33. The second-order valence-electron chi connectivity index (χ2n) is 3.33. The van der Waals surface area contributed by atoms with Crippen LogP contribution in [0.1, 0.15) is 6.42 Å². The first-order chi connectivity index (χ1) is 5.62. The zero-order valence-electron chi connectivity index (χ0n) is 7.89. The van der Waals surface area contributed by atoms with E-state index < -0.39 is 5.54 Å². The molecule has 4 heteroatoms. The van der Waals surface area contributed by atoms with Crippen molar-refractivity contribution in [3.05, 3.63) is 0 Å². The molecule has 1 saturated heterocycles. The van der Waals surface area contributed by atoms with Gasteiger partial charge in [-0.2, -0.15) is 0 Å². The Kier molecular flexibility index (Phi) is 2.69. The number of carbonyl (C=O) groups is 1. The van der Waals surface area contributed by atoms with E-state index in [0.717, 1.165) is 6.42 Å². The van der Waals surface area contributed by atoms with Gasteiger partial charge in [-0.15, -0.1) is 0 Å². The van der Waals surface area contributed by atoms with Crippen LogP contribution in [0.5, 0.6) is 0 Å². The molecule has 1 unspecified atom stereocenters. The molecular formula is C8H16N2O2. The Morgan fingerprint density at radius 1 is 1.58 bits per heavy atom. The van der Waals surface area contributed by atoms with Crippen molar-refractivity contribution in [1.29, 1.82) is 0 Å². The van der Waals surface area contributed by atoms with Gasteiger partial charge in [0.2, 0.25) is 5.91 Å². The molecule has 0 aromatic carbocycles. The number of nitrogens with one attached hydrogen (secondary N) is 1. The number of hydrogen-bond donors (Lipinski definition) is 1. The average Bonchev–Trinajstić information content (AvgIpc) is 2.52. The van der Waals surface area contributed by atoms with Crippen molar-refractivity contribution < 1.29 is 9.53 Å². The Morgan fingerprint density at radius 2 is 2.25 bits per heavy atom. The zero-order chi connectivity index (χ0) is 9.19. The molecular weight excluding hydrogens is 156 g/mol. The molecule has 0 saturated carbocycles. The third-order valence-electron chi connectivity index (χ3n) is 2.32. The van der Waals surface area contributed by atoms with Gasteiger partial charge >= 0.3 is 0 Å². The van der Waals surface area contributed by atoms with Gasteiger partial charge in [0.15, 0.2) is 0 Å². The van der Waals surface area contributed by atoms with Gasteiger partial charge in [-0.1, -0.05) is 0 Å². The van der Waals surface area contributed by atoms with Crippen LogP contribution in [0.3, 0.4) is 0 Å². The number of hydrogen-bond acceptors (Lipinski definition) is 3. The lowest BCUT2D eigenvalue weighted by Gasteiger charge is -2.28. The summed E-state index contributed by atoms with van der Waals surface area (Å²) < 4.78 is 5.21. The Hall–Kier alpha value is -0.610. The van der Waals surface area contributed by atoms with E-state index in [1.807, 2.05) is 0 Å². The van der Waals surface area contributed by atoms with Gasteiger partial charge in [0, 0.05) is 27.1 Å². The fraction of sp³-hybridized carbons (Fsp3) is 0.875. The topological polar surface area (TPSA) is 41.6 Å². The van der Waals surface area contributed by atoms with Gasteiger partial charge in [0.1, 0.15) is 5.54 Å². The maximum atomic E-state index is 11.7. The number of amides is 1. The molecule has 0 aliphatic carbocycles. The van der Waals surface area contributed by atoms with Crippen LogP contribution in [0, 0.1) is 0 Å². The fourth-order valence-corrected chi connectivity index (χ4v) is 1.47. The van der Waals surface area contributed by atoms with Crippen molar-refractivity contribution in [3.63, 3.8) is 0 Å². The van der Waals surface area contributed by atoms with E-state index in [4.69, 9.17) is 4.74 Å². The molecule has 0 radical (unpaired) electrons. The smallest absolute Gasteiger partial charge is 0.244 e. The molecule has 70 valence electrons. The van der Waals surface area contributed by atoms with Crippen molar-refractivity contribution in [2.45, 2.75) is 12.0 Å². The molecule has 4 nitrogen and oxygen atoms in total. The van der Waals surface area contributed by atoms with Crippen molar-refractivity contribution in [3.8, 4) is 0 Å². The molecule has 0 aromatic rings. The van der Waals surface area contributed by atoms with E-state index in [2.05, 4.69) is 5.32 Å². The Morgan fingerprint density at radius 3 is 2.58 bits per heavy atom. The van der Waals surface area contributed by atoms with E-state index in [1.165, 1.54) is 0 Å². The van der Waals surface area contributed by atoms with Crippen LogP contribution in [0.15, 0.2) is 0 Å². The van der Waals surface area contributed by atoms with Crippen LogP contribution in [-0.2, 0) is 9.53 Å². The van der Waals surface area contributed by atoms with Gasteiger partial charge in [-0.25, -0.2) is 0 Å². The Balaban J connectivity index is 2.72. The quantitative estimate of drug-likeness (QED) is 0.608. The summed E-state index contributed by atoms with van der Waals surface area (Å²) in [5.74, 6) is 0.0995. The molecule has 12 heavy (non-hydrogen) atoms. The van der Waals surface area contributed by atoms with E-state index in [0.29, 0.717) is 13.2 Å². The molecule has 1 rings (SSSR count). The van der Waals surface area contributed by atoms with Gasteiger partial charge in [0.05, 0.1) is 6.61 Å². The molecule has 1 fully saturated rings. The summed E-state index contributed by atoms with van der Waals surface area (Å²) in [4.78, 5) is 13.3. The van der Waals surface area contributed by atoms with Gasteiger partial charge < -0.3 is 15.0 Å². The minimum absolute atomic E-state index is 0.0995. The number of ether oxygens (including phenoxy) is 1. The molecule has 0 spiro atoms. The van der Waals surface area contributed by atoms with E-state index in [1.54, 1.807) is 26.0 Å². The molecule has 1 aliphatic rings. The highest BCUT2D eigenvalue weighted by Crippen LogP contribution is 2.19. The highest BCUT2D eigenvalue weighted by molar-refractivity contribution is 5.86. The summed E-state index contributed by atoms with van der Waals surface area (Å²) in [5, 5.41) is 3.04. The standard InChI is InChI=1S/C8H16N2O2/c1-9-8(4-5-12-6-8)7(11)10(2)3/h9H,4-6H2,1-3H3. The maximum absolute atomic E-state index is 11.7. The van der Waals surface area contributed by atoms with Crippen LogP contribution >= 0.6 is 0 Å². The SMILES string of the molecule is CNC1(C(=O)N(C)C)CCOC1. The number of rotatable bonds is 2. The molecule has 1 aliphatic heterocycles. The second-order valence-corrected chi connectivity index (χ2v) is 3.33. The molecule has 1 N–H and O–H groups in total. The Bertz CT molecular complexity index is 174. The third-order valence-corrected chi connectivity index (χ3v) is 2.32. The fourth-order valence-electron chi connectivity index (χ4n) is 1.47. The first kappa shape index (κ1) is 9.48. The molecule has 1 amide bonds. The minimum Gasteiger partial charge on any atom is -0.379 e. The Labute approximate surface area is 72.9 Å². The van der Waals surface area contributed by atoms with Gasteiger partial charge in [-0.05, 0) is 7.05 Å². The van der Waals surface area contributed by atoms with E-state index >= 15 is 0 Å². The minimum atomic E-state index is -0.469. The summed E-state index contributed by atoms with van der Waals surface area (Å²) in [6.07, 6.45) is 0.764. The maximum Gasteiger partial charge on any atom is 0.244 e. The molecule has 1 heterocycles. The number of carbonyl (C=O) groups excluding carboxylic acids is 1. The molecule has 1 atom stereocenters. The number of likely N-dealkylation sites (N-methyl/N-ethyl adjacent to an activating group) is 2. The summed E-state index contributed by atoms with van der Waals surface area (Å²) in [6.45, 7) is 1.15. The lowest BCUT2D eigenvalue weighted by Crippen LogP contribution is -2.55. The predicted octanol–water partition coefficient (Wildman–Crippen LogP) is -0.547. The zero-order valence-corrected chi connectivity index (χ0v) is 7.89. The second kappa shape index (κ2) is 3.41. The average molecular weight is 172 g/mol. The normalized spacial score (nSPS) is 28.9. The van der Waals surface area contributed by atoms with Gasteiger partial charge in [0.25, 0.3) is 0 Å². The van der Waals surface area contributed by atoms with Crippen LogP contribution in [0.25, 0.3) is 0 Å². The highest BCUT2D eigenvalue weighted by Gasteiger charge is 2.41. The summed E-state index contributed by atoms with van der Waals surface area (Å²) in [6, 6.07) is 0. The first-order valence-corrected chi connectivity index (χ1v) is 4.11. The predicted molar refractivity (Wildman–Crippen MR) is 45.9 cm³/mol. The first-order valence-electron chi connectivity index (χ1n) is 4.11. The van der Waals surface area contributed by atoms with Crippen LogP contribution in [-0.4, -0.2) is 50.7 Å². The van der Waals surface area contributed by atoms with Crippen molar-refractivity contribution in [1.82, 2.24) is 10.2 Å². The van der Waals surface area contributed by atoms with Crippen LogP contribution in [0.4, 0.5) is 0 Å². The summed E-state index contributed by atoms with van der Waals surface area (Å²) in [5.41, 5.74) is -0.469. The monoisotopic (exact) mass is 172 g/mol. The van der Waals surface area contributed by atoms with E-state index in [9.17, 15) is 4.79 Å². The van der Waals surface area contributed by atoms with Crippen molar-refractivity contribution >= 4 is 5.91 Å². The lowest BCUT2D eigenvalue weighted by molar-refractivity contribution is -0.135. The van der Waals surface area contributed by atoms with Gasteiger partial charge in [-0.3, -0.25) is 4.79 Å². The third kappa shape index (κ3) is 1.44. The largest absolute Gasteiger partial charge is 0.379 e.